The van der Waals surface area contributed by atoms with Gasteiger partial charge in [-0.05, 0) is 82.5 Å². The van der Waals surface area contributed by atoms with Crippen molar-refractivity contribution in [3.8, 4) is 0 Å². The Morgan fingerprint density at radius 1 is 1.00 bits per heavy atom. The first-order chi connectivity index (χ1) is 11.5. The first-order valence-electron chi connectivity index (χ1n) is 10.1. The predicted octanol–water partition coefficient (Wildman–Crippen LogP) is 5.78. The summed E-state index contributed by atoms with van der Waals surface area (Å²) < 4.78 is 0. The zero-order valence-electron chi connectivity index (χ0n) is 17.7. The van der Waals surface area contributed by atoms with Gasteiger partial charge < -0.3 is 5.32 Å². The van der Waals surface area contributed by atoms with E-state index in [1.165, 1.54) is 43.5 Å². The zero-order chi connectivity index (χ0) is 18.7. The third-order valence-corrected chi connectivity index (χ3v) is 5.14. The van der Waals surface area contributed by atoms with E-state index in [2.05, 4.69) is 82.9 Å². The minimum Gasteiger partial charge on any atom is -0.306 e. The Kier molecular flexibility index (Phi) is 6.73. The van der Waals surface area contributed by atoms with Gasteiger partial charge in [-0.2, -0.15) is 0 Å². The van der Waals surface area contributed by atoms with E-state index in [-0.39, 0.29) is 5.54 Å². The standard InChI is InChI=1S/C23H40N2/c1-18(24-23(5,6)7)21-10-8-20(9-11-21)17-25-14-12-19(13-15-25)16-22(2,3)4/h8-11,18-19,24H,12-17H2,1-7H3. The smallest absolute Gasteiger partial charge is 0.0296 e. The molecule has 1 aromatic carbocycles. The third-order valence-electron chi connectivity index (χ3n) is 5.14. The van der Waals surface area contributed by atoms with E-state index in [1.54, 1.807) is 0 Å². The molecular formula is C23H40N2. The van der Waals surface area contributed by atoms with E-state index in [9.17, 15) is 0 Å². The number of piperidine rings is 1. The highest BCUT2D eigenvalue weighted by molar-refractivity contribution is 5.25. The zero-order valence-corrected chi connectivity index (χ0v) is 17.7. The second-order valence-electron chi connectivity index (χ2n) is 10.3. The van der Waals surface area contributed by atoms with Gasteiger partial charge in [-0.3, -0.25) is 4.90 Å². The van der Waals surface area contributed by atoms with E-state index < -0.39 is 0 Å². The van der Waals surface area contributed by atoms with E-state index in [4.69, 9.17) is 0 Å². The number of nitrogens with one attached hydrogen (secondary N) is 1. The van der Waals surface area contributed by atoms with Gasteiger partial charge >= 0.3 is 0 Å². The Morgan fingerprint density at radius 2 is 1.56 bits per heavy atom. The van der Waals surface area contributed by atoms with Crippen LogP contribution in [-0.4, -0.2) is 23.5 Å². The second kappa shape index (κ2) is 8.22. The van der Waals surface area contributed by atoms with E-state index >= 15 is 0 Å². The molecule has 0 aromatic heterocycles. The van der Waals surface area contributed by atoms with E-state index in [1.807, 2.05) is 0 Å². The van der Waals surface area contributed by atoms with E-state index in [0.717, 1.165) is 12.5 Å². The molecular weight excluding hydrogens is 304 g/mol. The maximum absolute atomic E-state index is 3.65. The first kappa shape index (κ1) is 20.5. The summed E-state index contributed by atoms with van der Waals surface area (Å²) in [6.07, 6.45) is 4.10. The molecule has 1 N–H and O–H groups in total. The fourth-order valence-corrected chi connectivity index (χ4v) is 4.12. The lowest BCUT2D eigenvalue weighted by atomic mass is 9.80. The number of rotatable bonds is 5. The number of hydrogen-bond donors (Lipinski definition) is 1. The van der Waals surface area contributed by atoms with Gasteiger partial charge in [0.1, 0.15) is 0 Å². The summed E-state index contributed by atoms with van der Waals surface area (Å²) in [5.74, 6) is 0.919. The number of benzene rings is 1. The van der Waals surface area contributed by atoms with Gasteiger partial charge in [0, 0.05) is 18.1 Å². The summed E-state index contributed by atoms with van der Waals surface area (Å²) in [5.41, 5.74) is 3.44. The summed E-state index contributed by atoms with van der Waals surface area (Å²) in [6.45, 7) is 19.6. The molecule has 1 aliphatic heterocycles. The minimum absolute atomic E-state index is 0.148. The highest BCUT2D eigenvalue weighted by atomic mass is 15.1. The minimum atomic E-state index is 0.148. The van der Waals surface area contributed by atoms with Crippen LogP contribution in [0.5, 0.6) is 0 Å². The van der Waals surface area contributed by atoms with Crippen molar-refractivity contribution in [3.05, 3.63) is 35.4 Å². The van der Waals surface area contributed by atoms with Crippen LogP contribution in [0.1, 0.15) is 84.9 Å². The molecule has 1 heterocycles. The van der Waals surface area contributed by atoms with Crippen molar-refractivity contribution in [1.82, 2.24) is 10.2 Å². The highest BCUT2D eigenvalue weighted by Crippen LogP contribution is 2.31. The Balaban J connectivity index is 1.82. The normalized spacial score (nSPS) is 19.2. The molecule has 1 aromatic rings. The fraction of sp³-hybridized carbons (Fsp3) is 0.739. The molecule has 0 radical (unpaired) electrons. The molecule has 0 bridgehead atoms. The first-order valence-corrected chi connectivity index (χ1v) is 10.1. The van der Waals surface area contributed by atoms with Crippen LogP contribution in [0.15, 0.2) is 24.3 Å². The van der Waals surface area contributed by atoms with Gasteiger partial charge in [-0.25, -0.2) is 0 Å². The molecule has 25 heavy (non-hydrogen) atoms. The Morgan fingerprint density at radius 3 is 2.04 bits per heavy atom. The Labute approximate surface area is 156 Å². The monoisotopic (exact) mass is 344 g/mol. The molecule has 1 fully saturated rings. The van der Waals surface area contributed by atoms with Crippen molar-refractivity contribution in [2.45, 2.75) is 85.9 Å². The molecule has 142 valence electrons. The molecule has 1 atom stereocenters. The van der Waals surface area contributed by atoms with Crippen molar-refractivity contribution < 1.29 is 0 Å². The lowest BCUT2D eigenvalue weighted by molar-refractivity contribution is 0.147. The molecule has 1 aliphatic rings. The van der Waals surface area contributed by atoms with Gasteiger partial charge in [0.05, 0.1) is 0 Å². The van der Waals surface area contributed by atoms with Crippen molar-refractivity contribution in [2.24, 2.45) is 11.3 Å². The average molecular weight is 345 g/mol. The summed E-state index contributed by atoms with van der Waals surface area (Å²) in [6, 6.07) is 9.62. The average Bonchev–Trinajstić information content (AvgIpc) is 2.47. The van der Waals surface area contributed by atoms with Crippen LogP contribution in [0, 0.1) is 11.3 Å². The number of likely N-dealkylation sites (tertiary alicyclic amines) is 1. The van der Waals surface area contributed by atoms with Crippen molar-refractivity contribution in [3.63, 3.8) is 0 Å². The highest BCUT2D eigenvalue weighted by Gasteiger charge is 2.23. The fourth-order valence-electron chi connectivity index (χ4n) is 4.12. The maximum atomic E-state index is 3.65. The van der Waals surface area contributed by atoms with Crippen LogP contribution < -0.4 is 5.32 Å². The van der Waals surface area contributed by atoms with Crippen LogP contribution >= 0.6 is 0 Å². The molecule has 2 rings (SSSR count). The molecule has 2 nitrogen and oxygen atoms in total. The van der Waals surface area contributed by atoms with Crippen molar-refractivity contribution in [2.75, 3.05) is 13.1 Å². The van der Waals surface area contributed by atoms with Crippen molar-refractivity contribution in [1.29, 1.82) is 0 Å². The lowest BCUT2D eigenvalue weighted by Gasteiger charge is -2.35. The molecule has 1 unspecified atom stereocenters. The van der Waals surface area contributed by atoms with Crippen LogP contribution in [0.2, 0.25) is 0 Å². The predicted molar refractivity (Wildman–Crippen MR) is 110 cm³/mol. The van der Waals surface area contributed by atoms with Crippen LogP contribution in [-0.2, 0) is 6.54 Å². The summed E-state index contributed by atoms with van der Waals surface area (Å²) in [4.78, 5) is 2.63. The van der Waals surface area contributed by atoms with E-state index in [0.29, 0.717) is 11.5 Å². The topological polar surface area (TPSA) is 15.3 Å². The SMILES string of the molecule is CC(NC(C)(C)C)c1ccc(CN2CCC(CC(C)(C)C)CC2)cc1. The van der Waals surface area contributed by atoms with Gasteiger partial charge in [0.25, 0.3) is 0 Å². The number of hydrogen-bond acceptors (Lipinski definition) is 2. The van der Waals surface area contributed by atoms with Crippen LogP contribution in [0.25, 0.3) is 0 Å². The molecule has 0 spiro atoms. The Bertz CT molecular complexity index is 511. The third kappa shape index (κ3) is 7.50. The molecule has 1 saturated heterocycles. The summed E-state index contributed by atoms with van der Waals surface area (Å²) in [5, 5.41) is 3.65. The lowest BCUT2D eigenvalue weighted by Crippen LogP contribution is -2.37. The second-order valence-corrected chi connectivity index (χ2v) is 10.3. The molecule has 2 heteroatoms. The summed E-state index contributed by atoms with van der Waals surface area (Å²) in [7, 11) is 0. The van der Waals surface area contributed by atoms with Gasteiger partial charge in [-0.15, -0.1) is 0 Å². The van der Waals surface area contributed by atoms with Crippen LogP contribution in [0.3, 0.4) is 0 Å². The van der Waals surface area contributed by atoms with Crippen molar-refractivity contribution >= 4 is 0 Å². The van der Waals surface area contributed by atoms with Crippen LogP contribution in [0.4, 0.5) is 0 Å². The van der Waals surface area contributed by atoms with Gasteiger partial charge in [0.2, 0.25) is 0 Å². The maximum Gasteiger partial charge on any atom is 0.0296 e. The molecule has 0 aliphatic carbocycles. The largest absolute Gasteiger partial charge is 0.306 e. The number of nitrogens with zero attached hydrogens (tertiary/aromatic N) is 1. The quantitative estimate of drug-likeness (QED) is 0.728. The van der Waals surface area contributed by atoms with Gasteiger partial charge in [-0.1, -0.05) is 45.0 Å². The summed E-state index contributed by atoms with van der Waals surface area (Å²) >= 11 is 0. The van der Waals surface area contributed by atoms with Gasteiger partial charge in [0.15, 0.2) is 0 Å². The Hall–Kier alpha value is -0.860. The molecule has 0 saturated carbocycles. The molecule has 0 amide bonds.